The molecule has 0 bridgehead atoms. The third-order valence-electron chi connectivity index (χ3n) is 4.01. The van der Waals surface area contributed by atoms with E-state index in [0.29, 0.717) is 0 Å². The lowest BCUT2D eigenvalue weighted by Crippen LogP contribution is -2.44. The molecule has 1 aromatic rings. The zero-order chi connectivity index (χ0) is 19.5. The smallest absolute Gasteiger partial charge is 0.293 e. The van der Waals surface area contributed by atoms with Crippen LogP contribution in [-0.2, 0) is 19.6 Å². The Kier molecular flexibility index (Phi) is 6.16. The lowest BCUT2D eigenvalue weighted by atomic mass is 10.0. The van der Waals surface area contributed by atoms with E-state index in [1.54, 1.807) is 13.8 Å². The number of nitrogens with zero attached hydrogens (tertiary/aromatic N) is 2. The van der Waals surface area contributed by atoms with Crippen molar-refractivity contribution in [3.63, 3.8) is 0 Å². The van der Waals surface area contributed by atoms with Crippen LogP contribution in [0.4, 0.5) is 11.4 Å². The van der Waals surface area contributed by atoms with E-state index in [-0.39, 0.29) is 36.9 Å². The first kappa shape index (κ1) is 20.1. The molecule has 1 aromatic carbocycles. The molecule has 1 aliphatic heterocycles. The molecule has 1 fully saturated rings. The number of carboxylic acids is 1. The molecule has 0 saturated carbocycles. The molecule has 0 aromatic heterocycles. The molecule has 1 N–H and O–H groups in total. The van der Waals surface area contributed by atoms with Gasteiger partial charge in [0.2, 0.25) is 10.0 Å². The van der Waals surface area contributed by atoms with Gasteiger partial charge in [-0.3, -0.25) is 10.1 Å². The molecule has 11 heteroatoms. The summed E-state index contributed by atoms with van der Waals surface area (Å²) in [4.78, 5) is 21.6. The summed E-state index contributed by atoms with van der Waals surface area (Å²) in [5.41, 5.74) is -0.606. The fraction of sp³-hybridized carbons (Fsp3) is 0.533. The Balaban J connectivity index is 2.39. The zero-order valence-electron chi connectivity index (χ0n) is 14.4. The van der Waals surface area contributed by atoms with Gasteiger partial charge in [-0.25, -0.2) is 8.42 Å². The maximum Gasteiger partial charge on any atom is 0.293 e. The molecular formula is C15H20N3O7S-. The second kappa shape index (κ2) is 7.98. The maximum atomic E-state index is 12.6. The molecule has 1 saturated heterocycles. The van der Waals surface area contributed by atoms with Crippen molar-refractivity contribution in [3.05, 3.63) is 28.3 Å². The lowest BCUT2D eigenvalue weighted by molar-refractivity contribution is -0.384. The Morgan fingerprint density at radius 3 is 2.42 bits per heavy atom. The lowest BCUT2D eigenvalue weighted by Gasteiger charge is -2.26. The van der Waals surface area contributed by atoms with Crippen LogP contribution in [0.5, 0.6) is 0 Å². The first-order valence-electron chi connectivity index (χ1n) is 7.98. The molecule has 1 aliphatic rings. The van der Waals surface area contributed by atoms with E-state index in [1.807, 2.05) is 0 Å². The third-order valence-corrected chi connectivity index (χ3v) is 5.90. The number of benzene rings is 1. The summed E-state index contributed by atoms with van der Waals surface area (Å²) >= 11 is 0. The quantitative estimate of drug-likeness (QED) is 0.501. The number of anilines is 1. The normalized spacial score (nSPS) is 17.0. The highest BCUT2D eigenvalue weighted by atomic mass is 32.2. The summed E-state index contributed by atoms with van der Waals surface area (Å²) in [6, 6.07) is 2.19. The molecule has 2 rings (SSSR count). The largest absolute Gasteiger partial charge is 0.548 e. The summed E-state index contributed by atoms with van der Waals surface area (Å²) in [6.45, 7) is 4.07. The molecule has 0 aliphatic carbocycles. The number of rotatable bonds is 7. The number of carbonyl (C=O) groups is 1. The average molecular weight is 386 g/mol. The number of hydrogen-bond acceptors (Lipinski definition) is 8. The van der Waals surface area contributed by atoms with Crippen LogP contribution >= 0.6 is 0 Å². The minimum atomic E-state index is -3.90. The Hall–Kier alpha value is -2.24. The van der Waals surface area contributed by atoms with Gasteiger partial charge in [-0.05, 0) is 18.1 Å². The number of nitro groups is 1. The van der Waals surface area contributed by atoms with E-state index in [9.17, 15) is 28.4 Å². The highest BCUT2D eigenvalue weighted by Gasteiger charge is 2.29. The van der Waals surface area contributed by atoms with Crippen molar-refractivity contribution in [1.82, 2.24) is 4.31 Å². The molecule has 0 unspecified atom stereocenters. The number of carboxylic acid groups (broad SMARTS) is 1. The van der Waals surface area contributed by atoms with Gasteiger partial charge in [-0.15, -0.1) is 0 Å². The number of aliphatic carboxylic acids is 1. The topological polar surface area (TPSA) is 142 Å². The van der Waals surface area contributed by atoms with Crippen LogP contribution in [0.15, 0.2) is 23.1 Å². The van der Waals surface area contributed by atoms with Gasteiger partial charge in [0.1, 0.15) is 5.69 Å². The number of morpholine rings is 1. The van der Waals surface area contributed by atoms with E-state index in [1.165, 1.54) is 16.4 Å². The molecule has 26 heavy (non-hydrogen) atoms. The molecule has 0 radical (unpaired) electrons. The predicted molar refractivity (Wildman–Crippen MR) is 89.9 cm³/mol. The van der Waals surface area contributed by atoms with Gasteiger partial charge in [0.05, 0.1) is 35.0 Å². The van der Waals surface area contributed by atoms with E-state index < -0.39 is 38.6 Å². The molecule has 0 amide bonds. The molecular weight excluding hydrogens is 366 g/mol. The van der Waals surface area contributed by atoms with Crippen LogP contribution in [0.2, 0.25) is 0 Å². The van der Waals surface area contributed by atoms with Crippen molar-refractivity contribution in [2.75, 3.05) is 31.6 Å². The van der Waals surface area contributed by atoms with Crippen molar-refractivity contribution in [2.24, 2.45) is 5.92 Å². The Bertz CT molecular complexity index is 788. The maximum absolute atomic E-state index is 12.6. The van der Waals surface area contributed by atoms with Crippen LogP contribution in [0.1, 0.15) is 13.8 Å². The van der Waals surface area contributed by atoms with Crippen molar-refractivity contribution in [1.29, 1.82) is 0 Å². The van der Waals surface area contributed by atoms with Crippen molar-refractivity contribution in [3.8, 4) is 0 Å². The van der Waals surface area contributed by atoms with E-state index in [2.05, 4.69) is 5.32 Å². The Labute approximate surface area is 151 Å². The third kappa shape index (κ3) is 4.29. The number of ether oxygens (including phenoxy) is 1. The van der Waals surface area contributed by atoms with Crippen molar-refractivity contribution < 1.29 is 28.0 Å². The summed E-state index contributed by atoms with van der Waals surface area (Å²) in [6.07, 6.45) is 0. The van der Waals surface area contributed by atoms with Crippen molar-refractivity contribution in [2.45, 2.75) is 24.8 Å². The fourth-order valence-electron chi connectivity index (χ4n) is 2.55. The Morgan fingerprint density at radius 1 is 1.31 bits per heavy atom. The van der Waals surface area contributed by atoms with E-state index in [4.69, 9.17) is 4.74 Å². The number of nitro benzene ring substituents is 1. The van der Waals surface area contributed by atoms with Crippen LogP contribution < -0.4 is 10.4 Å². The minimum absolute atomic E-state index is 0.0844. The van der Waals surface area contributed by atoms with Gasteiger partial charge >= 0.3 is 0 Å². The van der Waals surface area contributed by atoms with Crippen LogP contribution in [-0.4, -0.2) is 56.0 Å². The molecule has 144 valence electrons. The van der Waals surface area contributed by atoms with Gasteiger partial charge < -0.3 is 20.0 Å². The molecule has 1 heterocycles. The summed E-state index contributed by atoms with van der Waals surface area (Å²) < 4.78 is 31.6. The second-order valence-corrected chi connectivity index (χ2v) is 8.08. The van der Waals surface area contributed by atoms with Gasteiger partial charge in [-0.2, -0.15) is 4.31 Å². The monoisotopic (exact) mass is 386 g/mol. The molecule has 10 nitrogen and oxygen atoms in total. The van der Waals surface area contributed by atoms with Gasteiger partial charge in [-0.1, -0.05) is 13.8 Å². The van der Waals surface area contributed by atoms with Gasteiger partial charge in [0.25, 0.3) is 5.69 Å². The summed E-state index contributed by atoms with van der Waals surface area (Å²) in [5.74, 6) is -1.80. The summed E-state index contributed by atoms with van der Waals surface area (Å²) in [7, 11) is -3.90. The number of hydrogen-bond donors (Lipinski definition) is 1. The zero-order valence-corrected chi connectivity index (χ0v) is 15.2. The first-order chi connectivity index (χ1) is 12.1. The Morgan fingerprint density at radius 2 is 1.92 bits per heavy atom. The molecule has 0 spiro atoms. The average Bonchev–Trinajstić information content (AvgIpc) is 2.59. The highest BCUT2D eigenvalue weighted by Crippen LogP contribution is 2.30. The first-order valence-corrected chi connectivity index (χ1v) is 9.42. The van der Waals surface area contributed by atoms with Crippen molar-refractivity contribution >= 4 is 27.4 Å². The molecule has 1 atom stereocenters. The van der Waals surface area contributed by atoms with Crippen LogP contribution in [0.25, 0.3) is 0 Å². The van der Waals surface area contributed by atoms with E-state index >= 15 is 0 Å². The number of sulfonamides is 1. The van der Waals surface area contributed by atoms with E-state index in [0.717, 1.165) is 6.07 Å². The predicted octanol–water partition coefficient (Wildman–Crippen LogP) is -0.198. The number of carbonyl (C=O) groups excluding carboxylic acids is 1. The van der Waals surface area contributed by atoms with Gasteiger partial charge in [0, 0.05) is 19.2 Å². The SMILES string of the molecule is CC(C)[C@@H](Nc1ccc(S(=O)(=O)N2CCOCC2)cc1[N+](=O)[O-])C(=O)[O-]. The standard InChI is InChI=1S/C15H21N3O7S/c1-10(2)14(15(19)20)16-12-4-3-11(9-13(12)18(21)22)26(23,24)17-5-7-25-8-6-17/h3-4,9-10,14,16H,5-8H2,1-2H3,(H,19,20)/p-1/t14-/m1/s1. The van der Waals surface area contributed by atoms with Crippen LogP contribution in [0.3, 0.4) is 0 Å². The van der Waals surface area contributed by atoms with Gasteiger partial charge in [0.15, 0.2) is 0 Å². The minimum Gasteiger partial charge on any atom is -0.548 e. The number of nitrogens with one attached hydrogen (secondary N) is 1. The summed E-state index contributed by atoms with van der Waals surface area (Å²) in [5, 5.41) is 25.1. The second-order valence-electron chi connectivity index (χ2n) is 6.14. The highest BCUT2D eigenvalue weighted by molar-refractivity contribution is 7.89. The fourth-order valence-corrected chi connectivity index (χ4v) is 3.97. The van der Waals surface area contributed by atoms with Crippen LogP contribution in [0, 0.1) is 16.0 Å².